The van der Waals surface area contributed by atoms with E-state index in [0.717, 1.165) is 36.9 Å². The van der Waals surface area contributed by atoms with Gasteiger partial charge in [0.1, 0.15) is 18.8 Å². The van der Waals surface area contributed by atoms with E-state index < -0.39 is 23.6 Å². The fourth-order valence-corrected chi connectivity index (χ4v) is 5.97. The molecule has 164 valence electrons. The maximum absolute atomic E-state index is 14.2. The number of Topliss-reactive ketones (excluding diaryl/α,β-unsaturated/α-hetero) is 1. The second-order valence-electron chi connectivity index (χ2n) is 9.02. The number of amides is 1. The average Bonchev–Trinajstić information content (AvgIpc) is 3.48. The first-order chi connectivity index (χ1) is 15.0. The Morgan fingerprint density at radius 2 is 2.10 bits per heavy atom. The number of hydrogen-bond acceptors (Lipinski definition) is 6. The molecule has 1 amide bonds. The Balaban J connectivity index is 1.59. The molecular weight excluding hydrogens is 418 g/mol. The normalized spacial score (nSPS) is 33.8. The summed E-state index contributed by atoms with van der Waals surface area (Å²) in [6.07, 6.45) is 6.40. The molecule has 0 spiro atoms. The molecule has 31 heavy (non-hydrogen) atoms. The van der Waals surface area contributed by atoms with E-state index in [2.05, 4.69) is 15.5 Å². The summed E-state index contributed by atoms with van der Waals surface area (Å²) in [5.74, 6) is -0.0871. The van der Waals surface area contributed by atoms with Crippen LogP contribution in [0.25, 0.3) is 0 Å². The van der Waals surface area contributed by atoms with Crippen molar-refractivity contribution in [1.82, 2.24) is 9.49 Å². The summed E-state index contributed by atoms with van der Waals surface area (Å²) < 4.78 is 5.51. The third-order valence-electron chi connectivity index (χ3n) is 7.06. The number of carbonyl (C=O) groups is 2. The largest absolute Gasteiger partial charge is 0.366 e. The van der Waals surface area contributed by atoms with Crippen molar-refractivity contribution >= 4 is 35.3 Å². The lowest BCUT2D eigenvalue weighted by Gasteiger charge is -2.39. The summed E-state index contributed by atoms with van der Waals surface area (Å²) in [6.45, 7) is 2.32. The van der Waals surface area contributed by atoms with Gasteiger partial charge in [0.15, 0.2) is 11.5 Å². The second kappa shape index (κ2) is 8.07. The number of fused-ring (bicyclic) bond motifs is 1. The van der Waals surface area contributed by atoms with Crippen LogP contribution >= 0.6 is 11.6 Å². The number of nitrogens with zero attached hydrogens (tertiary/aromatic N) is 5. The van der Waals surface area contributed by atoms with Crippen LogP contribution in [0.1, 0.15) is 37.7 Å². The van der Waals surface area contributed by atoms with Gasteiger partial charge in [-0.1, -0.05) is 41.1 Å². The molecule has 5 atom stereocenters. The molecule has 3 heterocycles. The molecule has 1 aromatic carbocycles. The lowest BCUT2D eigenvalue weighted by Crippen LogP contribution is -2.62. The summed E-state index contributed by atoms with van der Waals surface area (Å²) in [4.78, 5) is 28.4. The van der Waals surface area contributed by atoms with Crippen LogP contribution in [0.3, 0.4) is 0 Å². The van der Waals surface area contributed by atoms with E-state index in [1.807, 2.05) is 31.2 Å². The van der Waals surface area contributed by atoms with Gasteiger partial charge in [0.2, 0.25) is 12.4 Å². The molecule has 0 bridgehead atoms. The molecular formula is C22H27ClN5O3+. The summed E-state index contributed by atoms with van der Waals surface area (Å²) in [7, 11) is 0. The number of likely N-dealkylation sites (tertiary alicyclic amines) is 1. The Labute approximate surface area is 186 Å². The molecule has 1 saturated carbocycles. The minimum atomic E-state index is -0.616. The van der Waals surface area contributed by atoms with E-state index in [1.54, 1.807) is 11.2 Å². The number of carbonyl (C=O) groups excluding carboxylic acids is 2. The Morgan fingerprint density at radius 3 is 2.81 bits per heavy atom. The zero-order valence-electron chi connectivity index (χ0n) is 17.6. The smallest absolute Gasteiger partial charge is 0.285 e. The first-order valence-corrected chi connectivity index (χ1v) is 11.5. The highest BCUT2D eigenvalue weighted by Crippen LogP contribution is 2.41. The van der Waals surface area contributed by atoms with Gasteiger partial charge in [-0.3, -0.25) is 9.59 Å². The lowest BCUT2D eigenvalue weighted by atomic mass is 9.82. The number of aryl methyl sites for hydroxylation is 1. The molecule has 0 aromatic heterocycles. The van der Waals surface area contributed by atoms with Crippen molar-refractivity contribution in [2.75, 3.05) is 13.2 Å². The zero-order chi connectivity index (χ0) is 21.6. The van der Waals surface area contributed by atoms with Crippen molar-refractivity contribution in [3.63, 3.8) is 0 Å². The lowest BCUT2D eigenvalue weighted by molar-refractivity contribution is -0.141. The van der Waals surface area contributed by atoms with Gasteiger partial charge in [0.25, 0.3) is 5.91 Å². The molecule has 2 saturated heterocycles. The van der Waals surface area contributed by atoms with Crippen LogP contribution in [0.2, 0.25) is 0 Å². The third-order valence-corrected chi connectivity index (χ3v) is 7.45. The quantitative estimate of drug-likeness (QED) is 0.527. The highest BCUT2D eigenvalue weighted by molar-refractivity contribution is 6.22. The van der Waals surface area contributed by atoms with Crippen LogP contribution in [0.4, 0.5) is 5.69 Å². The molecule has 3 aliphatic heterocycles. The number of halogens is 1. The Kier molecular flexibility index (Phi) is 5.40. The average molecular weight is 445 g/mol. The minimum Gasteiger partial charge on any atom is -0.366 e. The predicted molar refractivity (Wildman–Crippen MR) is 117 cm³/mol. The number of alkyl halides is 1. The molecule has 9 heteroatoms. The van der Waals surface area contributed by atoms with Crippen molar-refractivity contribution in [3.8, 4) is 0 Å². The van der Waals surface area contributed by atoms with Gasteiger partial charge < -0.3 is 9.64 Å². The van der Waals surface area contributed by atoms with Gasteiger partial charge in [0, 0.05) is 29.8 Å². The van der Waals surface area contributed by atoms with Crippen LogP contribution in [-0.4, -0.2) is 59.6 Å². The van der Waals surface area contributed by atoms with Crippen LogP contribution in [0, 0.1) is 12.8 Å². The van der Waals surface area contributed by atoms with Crippen molar-refractivity contribution in [2.45, 2.75) is 62.6 Å². The van der Waals surface area contributed by atoms with E-state index in [9.17, 15) is 9.59 Å². The topological polar surface area (TPSA) is 83.7 Å². The van der Waals surface area contributed by atoms with Gasteiger partial charge in [-0.15, -0.1) is 11.6 Å². The fourth-order valence-electron chi connectivity index (χ4n) is 5.61. The fraction of sp³-hybridized carbons (Fsp3) is 0.591. The monoisotopic (exact) mass is 444 g/mol. The maximum Gasteiger partial charge on any atom is 0.285 e. The first kappa shape index (κ1) is 20.7. The molecule has 0 N–H and O–H groups in total. The number of ether oxygens (including phenoxy) is 1. The molecule has 4 aliphatic rings. The van der Waals surface area contributed by atoms with Crippen molar-refractivity contribution < 1.29 is 14.3 Å². The second-order valence-corrected chi connectivity index (χ2v) is 9.58. The summed E-state index contributed by atoms with van der Waals surface area (Å²) in [6, 6.07) is 6.81. The van der Waals surface area contributed by atoms with Gasteiger partial charge >= 0.3 is 0 Å². The van der Waals surface area contributed by atoms with Crippen LogP contribution in [0.5, 0.6) is 0 Å². The molecule has 0 radical (unpaired) electrons. The number of hydrogen-bond donors (Lipinski definition) is 0. The predicted octanol–water partition coefficient (Wildman–Crippen LogP) is 3.36. The highest BCUT2D eigenvalue weighted by Gasteiger charge is 2.58. The Bertz CT molecular complexity index is 933. The molecule has 5 rings (SSSR count). The van der Waals surface area contributed by atoms with Crippen LogP contribution in [0.15, 0.2) is 39.8 Å². The van der Waals surface area contributed by atoms with E-state index in [0.29, 0.717) is 6.54 Å². The third kappa shape index (κ3) is 3.41. The molecule has 3 fully saturated rings. The van der Waals surface area contributed by atoms with Gasteiger partial charge in [0.05, 0.1) is 10.6 Å². The molecule has 1 aliphatic carbocycles. The van der Waals surface area contributed by atoms with Crippen molar-refractivity contribution in [2.24, 2.45) is 21.5 Å². The highest BCUT2D eigenvalue weighted by atomic mass is 35.5. The van der Waals surface area contributed by atoms with Gasteiger partial charge in [-0.05, 0) is 25.3 Å². The SMILES string of the molecule is Cc1cccc([N+]2(C(C(=O)N3C[C@H](Cl)C4OCC(=O)[C@H]43)C3CCCCC3)C=NN=N2)c1. The summed E-state index contributed by atoms with van der Waals surface area (Å²) in [5.41, 5.74) is 1.92. The molecule has 1 aromatic rings. The number of rotatable bonds is 4. The first-order valence-electron chi connectivity index (χ1n) is 11.0. The Hall–Kier alpha value is -2.16. The van der Waals surface area contributed by atoms with E-state index in [-0.39, 0.29) is 28.8 Å². The van der Waals surface area contributed by atoms with E-state index in [4.69, 9.17) is 16.3 Å². The maximum atomic E-state index is 14.2. The van der Waals surface area contributed by atoms with Crippen molar-refractivity contribution in [3.05, 3.63) is 29.8 Å². The van der Waals surface area contributed by atoms with E-state index in [1.165, 1.54) is 6.42 Å². The number of ketones is 1. The van der Waals surface area contributed by atoms with Crippen LogP contribution < -0.4 is 4.59 Å². The molecule has 3 unspecified atom stereocenters. The number of benzene rings is 1. The minimum absolute atomic E-state index is 0.00940. The van der Waals surface area contributed by atoms with E-state index >= 15 is 0 Å². The zero-order valence-corrected chi connectivity index (χ0v) is 18.3. The number of quaternary nitrogens is 1. The molecule has 8 nitrogen and oxygen atoms in total. The van der Waals surface area contributed by atoms with Gasteiger partial charge in [-0.25, -0.2) is 0 Å². The summed E-state index contributed by atoms with van der Waals surface area (Å²) >= 11 is 6.50. The van der Waals surface area contributed by atoms with Gasteiger partial charge in [-0.2, -0.15) is 0 Å². The van der Waals surface area contributed by atoms with Crippen molar-refractivity contribution in [1.29, 1.82) is 0 Å². The Morgan fingerprint density at radius 1 is 1.29 bits per heavy atom. The standard InChI is InChI=1S/C22H27ClN5O3/c1-14-6-5-9-16(10-14)28(13-24-25-26-28)20(15-7-3-2-4-8-15)22(30)27-11-17(23)21-19(27)18(29)12-31-21/h5-6,9-10,13,15,17,19-21H,2-4,7-8,11-12H2,1H3/q+1/t17-,19+,20?,21?,28?/m0/s1. The van der Waals surface area contributed by atoms with Crippen LogP contribution in [-0.2, 0) is 14.3 Å². The summed E-state index contributed by atoms with van der Waals surface area (Å²) in [5, 5.41) is 12.1.